The number of carbonyl (C=O) groups excluding carboxylic acids is 2. The number of aldehydes is 1. The number of aromatic nitrogens is 1. The number of aryl methyl sites for hydroxylation is 1. The second kappa shape index (κ2) is 14.0. The molecule has 4 rings (SSSR count). The van der Waals surface area contributed by atoms with E-state index in [1.54, 1.807) is 21.1 Å². The number of rotatable bonds is 7. The Bertz CT molecular complexity index is 1110. The first-order valence-electron chi connectivity index (χ1n) is 13.2. The van der Waals surface area contributed by atoms with Crippen molar-refractivity contribution in [2.75, 3.05) is 41.4 Å². The van der Waals surface area contributed by atoms with E-state index in [1.165, 1.54) is 6.20 Å². The Kier molecular flexibility index (Phi) is 11.4. The van der Waals surface area contributed by atoms with E-state index in [9.17, 15) is 9.59 Å². The SMILES string of the molecule is CC.CCN1C(=O)N2Cc3cc(OC)cc(OC)c3CC/C=C\2C1(C)CCN(C)C.Cc1oncc1C=O. The van der Waals surface area contributed by atoms with Gasteiger partial charge in [0.15, 0.2) is 6.29 Å². The summed E-state index contributed by atoms with van der Waals surface area (Å²) in [4.78, 5) is 29.5. The second-order valence-electron chi connectivity index (χ2n) is 9.49. The van der Waals surface area contributed by atoms with Crippen LogP contribution in [0, 0.1) is 6.92 Å². The number of fused-ring (bicyclic) bond motifs is 2. The molecule has 1 aromatic carbocycles. The maximum absolute atomic E-state index is 13.3. The van der Waals surface area contributed by atoms with Crippen molar-refractivity contribution in [2.24, 2.45) is 0 Å². The van der Waals surface area contributed by atoms with Crippen LogP contribution in [0.15, 0.2) is 34.6 Å². The Morgan fingerprint density at radius 2 is 1.92 bits per heavy atom. The molecule has 0 spiro atoms. The van der Waals surface area contributed by atoms with Crippen LogP contribution in [0.4, 0.5) is 4.79 Å². The molecule has 0 bridgehead atoms. The van der Waals surface area contributed by atoms with Crippen LogP contribution in [0.2, 0.25) is 0 Å². The molecule has 38 heavy (non-hydrogen) atoms. The summed E-state index contributed by atoms with van der Waals surface area (Å²) in [5, 5.41) is 3.39. The van der Waals surface area contributed by atoms with Crippen molar-refractivity contribution in [1.82, 2.24) is 19.9 Å². The number of hydrogen-bond donors (Lipinski definition) is 0. The minimum Gasteiger partial charge on any atom is -0.497 e. The number of hydrogen-bond acceptors (Lipinski definition) is 7. The lowest BCUT2D eigenvalue weighted by Crippen LogP contribution is -2.45. The van der Waals surface area contributed by atoms with Gasteiger partial charge in [-0.05, 0) is 71.3 Å². The highest BCUT2D eigenvalue weighted by Gasteiger charge is 2.49. The van der Waals surface area contributed by atoms with Crippen molar-refractivity contribution >= 4 is 12.3 Å². The molecule has 0 radical (unpaired) electrons. The molecule has 3 heterocycles. The van der Waals surface area contributed by atoms with Crippen molar-refractivity contribution < 1.29 is 23.6 Å². The quantitative estimate of drug-likeness (QED) is 0.449. The highest BCUT2D eigenvalue weighted by molar-refractivity contribution is 5.82. The lowest BCUT2D eigenvalue weighted by atomic mass is 9.89. The first kappa shape index (κ1) is 30.9. The van der Waals surface area contributed by atoms with Crippen molar-refractivity contribution in [2.45, 2.75) is 66.0 Å². The summed E-state index contributed by atoms with van der Waals surface area (Å²) in [6, 6.07) is 4.06. The Hall–Kier alpha value is -3.33. The average molecular weight is 529 g/mol. The number of urea groups is 1. The van der Waals surface area contributed by atoms with Crippen LogP contribution in [0.3, 0.4) is 0 Å². The average Bonchev–Trinajstić information content (AvgIpc) is 3.41. The van der Waals surface area contributed by atoms with Crippen LogP contribution in [0.1, 0.15) is 67.8 Å². The zero-order valence-corrected chi connectivity index (χ0v) is 24.5. The molecule has 0 N–H and O–H groups in total. The van der Waals surface area contributed by atoms with Gasteiger partial charge in [-0.2, -0.15) is 0 Å². The fourth-order valence-corrected chi connectivity index (χ4v) is 4.90. The molecule has 9 nitrogen and oxygen atoms in total. The Labute approximate surface area is 227 Å². The monoisotopic (exact) mass is 528 g/mol. The fourth-order valence-electron chi connectivity index (χ4n) is 4.90. The molecule has 2 aliphatic rings. The number of carbonyl (C=O) groups is 2. The van der Waals surface area contributed by atoms with Crippen LogP contribution in [0.25, 0.3) is 0 Å². The fraction of sp³-hybridized carbons (Fsp3) is 0.552. The molecule has 1 saturated heterocycles. The summed E-state index contributed by atoms with van der Waals surface area (Å²) < 4.78 is 15.7. The van der Waals surface area contributed by atoms with Gasteiger partial charge < -0.3 is 23.8 Å². The standard InChI is InChI=1S/C22H33N3O3.C5H5NO2.C2H6/c1-7-25-21(26)24-15-16-13-17(27-5)14-19(28-6)18(16)9-8-10-20(24)22(25,2)11-12-23(3)4;1-4-5(3-7)2-6-8-4;1-2/h10,13-14H,7-9,11-12,15H2,1-6H3;2-3H,1H3;1-2H3/b20-10-;;. The number of amides is 2. The van der Waals surface area contributed by atoms with E-state index >= 15 is 0 Å². The Morgan fingerprint density at radius 3 is 2.42 bits per heavy atom. The largest absolute Gasteiger partial charge is 0.497 e. The molecule has 0 aliphatic carbocycles. The highest BCUT2D eigenvalue weighted by atomic mass is 16.5. The minimum absolute atomic E-state index is 0.0876. The van der Waals surface area contributed by atoms with Crippen molar-refractivity contribution in [3.05, 3.63) is 52.6 Å². The molecular formula is C29H44N4O5. The van der Waals surface area contributed by atoms with Gasteiger partial charge in [-0.15, -0.1) is 0 Å². The lowest BCUT2D eigenvalue weighted by molar-refractivity contribution is 0.112. The molecule has 9 heteroatoms. The highest BCUT2D eigenvalue weighted by Crippen LogP contribution is 2.42. The molecule has 2 aromatic rings. The molecule has 0 saturated carbocycles. The second-order valence-corrected chi connectivity index (χ2v) is 9.49. The van der Waals surface area contributed by atoms with Crippen LogP contribution >= 0.6 is 0 Å². The molecule has 1 unspecified atom stereocenters. The summed E-state index contributed by atoms with van der Waals surface area (Å²) >= 11 is 0. The first-order valence-corrected chi connectivity index (χ1v) is 13.2. The maximum Gasteiger partial charge on any atom is 0.325 e. The first-order chi connectivity index (χ1) is 18.2. The predicted molar refractivity (Wildman–Crippen MR) is 149 cm³/mol. The summed E-state index contributed by atoms with van der Waals surface area (Å²) in [6.07, 6.45) is 7.05. The third-order valence-electron chi connectivity index (χ3n) is 6.97. The van der Waals surface area contributed by atoms with Gasteiger partial charge in [-0.3, -0.25) is 9.69 Å². The molecule has 1 fully saturated rings. The number of likely N-dealkylation sites (N-methyl/N-ethyl adjacent to an activating group) is 1. The van der Waals surface area contributed by atoms with Crippen molar-refractivity contribution in [3.8, 4) is 11.5 Å². The van der Waals surface area contributed by atoms with E-state index in [-0.39, 0.29) is 11.6 Å². The lowest BCUT2D eigenvalue weighted by Gasteiger charge is -2.35. The van der Waals surface area contributed by atoms with E-state index < -0.39 is 0 Å². The number of allylic oxidation sites excluding steroid dienone is 1. The van der Waals surface area contributed by atoms with E-state index in [0.29, 0.717) is 30.7 Å². The zero-order chi connectivity index (χ0) is 28.5. The summed E-state index contributed by atoms with van der Waals surface area (Å²) in [6.45, 7) is 12.1. The minimum atomic E-state index is -0.281. The predicted octanol–water partition coefficient (Wildman–Crippen LogP) is 5.32. The van der Waals surface area contributed by atoms with Gasteiger partial charge in [-0.1, -0.05) is 25.1 Å². The van der Waals surface area contributed by atoms with E-state index in [2.05, 4.69) is 48.6 Å². The molecule has 2 amide bonds. The van der Waals surface area contributed by atoms with Gasteiger partial charge in [-0.25, -0.2) is 4.79 Å². The van der Waals surface area contributed by atoms with Crippen LogP contribution in [-0.2, 0) is 13.0 Å². The molecular weight excluding hydrogens is 484 g/mol. The van der Waals surface area contributed by atoms with Gasteiger partial charge in [0, 0.05) is 24.9 Å². The van der Waals surface area contributed by atoms with Crippen molar-refractivity contribution in [3.63, 3.8) is 0 Å². The third kappa shape index (κ3) is 6.56. The normalized spacial score (nSPS) is 19.5. The maximum atomic E-state index is 13.3. The van der Waals surface area contributed by atoms with Crippen molar-refractivity contribution in [1.29, 1.82) is 0 Å². The molecule has 2 aliphatic heterocycles. The molecule has 210 valence electrons. The van der Waals surface area contributed by atoms with Crippen LogP contribution in [-0.4, -0.2) is 79.1 Å². The van der Waals surface area contributed by atoms with Crippen LogP contribution in [0.5, 0.6) is 11.5 Å². The van der Waals surface area contributed by atoms with Gasteiger partial charge in [0.2, 0.25) is 0 Å². The summed E-state index contributed by atoms with van der Waals surface area (Å²) in [5.74, 6) is 2.16. The third-order valence-corrected chi connectivity index (χ3v) is 6.97. The van der Waals surface area contributed by atoms with Gasteiger partial charge in [0.25, 0.3) is 0 Å². The van der Waals surface area contributed by atoms with E-state index in [4.69, 9.17) is 9.47 Å². The number of nitrogens with zero attached hydrogens (tertiary/aromatic N) is 4. The van der Waals surface area contributed by atoms with Gasteiger partial charge >= 0.3 is 6.03 Å². The smallest absolute Gasteiger partial charge is 0.325 e. The summed E-state index contributed by atoms with van der Waals surface area (Å²) in [5.41, 5.74) is 3.63. The number of ether oxygens (including phenoxy) is 2. The molecule has 1 aromatic heterocycles. The number of benzene rings is 1. The topological polar surface area (TPSA) is 88.3 Å². The number of methoxy groups -OCH3 is 2. The van der Waals surface area contributed by atoms with Gasteiger partial charge in [0.05, 0.1) is 38.1 Å². The van der Waals surface area contributed by atoms with E-state index in [1.807, 2.05) is 35.8 Å². The van der Waals surface area contributed by atoms with E-state index in [0.717, 1.165) is 54.1 Å². The van der Waals surface area contributed by atoms with Crippen LogP contribution < -0.4 is 9.47 Å². The Balaban J connectivity index is 0.000000428. The Morgan fingerprint density at radius 1 is 1.21 bits per heavy atom. The molecule has 1 atom stereocenters. The summed E-state index contributed by atoms with van der Waals surface area (Å²) in [7, 11) is 7.51. The zero-order valence-electron chi connectivity index (χ0n) is 24.5. The van der Waals surface area contributed by atoms with Gasteiger partial charge in [0.1, 0.15) is 17.3 Å².